The van der Waals surface area contributed by atoms with E-state index >= 15 is 0 Å². The average Bonchev–Trinajstić information content (AvgIpc) is 3.13. The van der Waals surface area contributed by atoms with Crippen molar-refractivity contribution in [2.24, 2.45) is 0 Å². The van der Waals surface area contributed by atoms with Gasteiger partial charge in [-0.25, -0.2) is 9.50 Å². The zero-order valence-electron chi connectivity index (χ0n) is 20.2. The van der Waals surface area contributed by atoms with Gasteiger partial charge in [-0.2, -0.15) is 23.5 Å². The Morgan fingerprint density at radius 2 is 1.83 bits per heavy atom. The van der Waals surface area contributed by atoms with Gasteiger partial charge in [-0.3, -0.25) is 4.79 Å². The smallest absolute Gasteiger partial charge is 0.382 e. The molecule has 1 saturated heterocycles. The molecule has 8 nitrogen and oxygen atoms in total. The molecule has 35 heavy (non-hydrogen) atoms. The fourth-order valence-corrected chi connectivity index (χ4v) is 4.47. The molecule has 3 heterocycles. The Bertz CT molecular complexity index is 1410. The van der Waals surface area contributed by atoms with Crippen molar-refractivity contribution in [2.45, 2.75) is 43.4 Å². The van der Waals surface area contributed by atoms with Gasteiger partial charge in [0.1, 0.15) is 47.1 Å². The second-order valence-electron chi connectivity index (χ2n) is 10.0. The van der Waals surface area contributed by atoms with Gasteiger partial charge in [0, 0.05) is 16.4 Å². The normalized spacial score (nSPS) is 21.7. The number of rotatable bonds is 2. The molecule has 1 atom stereocenters. The quantitative estimate of drug-likeness (QED) is 0.529. The Hall–Kier alpha value is -3.46. The molecule has 178 valence electrons. The molecule has 2 aromatic heterocycles. The number of nitrogens with zero attached hydrogens (tertiary/aromatic N) is 5. The summed E-state index contributed by atoms with van der Waals surface area (Å²) in [5.74, 6) is -0.696. The van der Waals surface area contributed by atoms with Crippen LogP contribution in [0.5, 0.6) is 0 Å². The van der Waals surface area contributed by atoms with Crippen LogP contribution in [-0.2, 0) is 15.7 Å². The minimum absolute atomic E-state index is 0.0872. The minimum atomic E-state index is -4.70. The number of morpholine rings is 1. The largest absolute Gasteiger partial charge is 0.418 e. The highest BCUT2D eigenvalue weighted by Gasteiger charge is 2.56. The number of fused-ring (bicyclic) bond motifs is 1. The van der Waals surface area contributed by atoms with E-state index in [2.05, 4.69) is 16.2 Å². The van der Waals surface area contributed by atoms with Crippen molar-refractivity contribution in [1.29, 1.82) is 5.26 Å². The SMILES string of the molecule is BC1(B)OC(C)(C)C(=O)N(c2cc(-c3cc(C(F)(F)F)c4c(N)ncnn34)ccc2C#N)C1(B)C. The summed E-state index contributed by atoms with van der Waals surface area (Å²) in [4.78, 5) is 18.8. The van der Waals surface area contributed by atoms with Crippen LogP contribution in [0.15, 0.2) is 30.6 Å². The van der Waals surface area contributed by atoms with Crippen molar-refractivity contribution in [3.8, 4) is 17.3 Å². The molecule has 1 amide bonds. The number of nitrogens with two attached hydrogens (primary N) is 1. The zero-order valence-corrected chi connectivity index (χ0v) is 20.2. The molecule has 4 rings (SSSR count). The Morgan fingerprint density at radius 3 is 2.43 bits per heavy atom. The van der Waals surface area contributed by atoms with Crippen molar-refractivity contribution in [3.63, 3.8) is 0 Å². The molecule has 0 aliphatic carbocycles. The molecule has 3 aromatic rings. The van der Waals surface area contributed by atoms with E-state index in [4.69, 9.17) is 10.5 Å². The first-order valence-electron chi connectivity index (χ1n) is 10.8. The predicted octanol–water partition coefficient (Wildman–Crippen LogP) is 0.280. The fraction of sp³-hybridized carbons (Fsp3) is 0.333. The van der Waals surface area contributed by atoms with Crippen LogP contribution in [0.3, 0.4) is 0 Å². The van der Waals surface area contributed by atoms with Crippen LogP contribution < -0.4 is 10.6 Å². The molecular weight excluding hydrogens is 458 g/mol. The lowest BCUT2D eigenvalue weighted by Crippen LogP contribution is -2.76. The number of aromatic nitrogens is 3. The first-order chi connectivity index (χ1) is 16.0. The number of carbonyl (C=O) groups excluding carboxylic acids is 1. The fourth-order valence-electron chi connectivity index (χ4n) is 4.47. The third-order valence-electron chi connectivity index (χ3n) is 6.80. The van der Waals surface area contributed by atoms with Crippen LogP contribution in [0.25, 0.3) is 16.8 Å². The molecule has 1 aromatic carbocycles. The van der Waals surface area contributed by atoms with E-state index < -0.39 is 28.2 Å². The van der Waals surface area contributed by atoms with E-state index in [1.807, 2.05) is 30.5 Å². The molecule has 2 N–H and O–H groups in total. The molecule has 0 bridgehead atoms. The second-order valence-corrected chi connectivity index (χ2v) is 10.0. The number of ether oxygens (including phenoxy) is 1. The number of hydrogen-bond acceptors (Lipinski definition) is 6. The van der Waals surface area contributed by atoms with Gasteiger partial charge in [-0.05, 0) is 39.0 Å². The van der Waals surface area contributed by atoms with E-state index in [-0.39, 0.29) is 34.2 Å². The van der Waals surface area contributed by atoms with E-state index in [1.165, 1.54) is 23.1 Å². The summed E-state index contributed by atoms with van der Waals surface area (Å²) in [6, 6.07) is 7.54. The van der Waals surface area contributed by atoms with Crippen LogP contribution in [0.2, 0.25) is 0 Å². The number of halogens is 3. The first-order valence-corrected chi connectivity index (χ1v) is 10.8. The Labute approximate surface area is 202 Å². The molecule has 1 aliphatic rings. The molecule has 1 fully saturated rings. The van der Waals surface area contributed by atoms with Crippen LogP contribution >= 0.6 is 0 Å². The summed E-state index contributed by atoms with van der Waals surface area (Å²) in [7, 11) is 5.51. The summed E-state index contributed by atoms with van der Waals surface area (Å²) >= 11 is 0. The Morgan fingerprint density at radius 1 is 1.17 bits per heavy atom. The van der Waals surface area contributed by atoms with Gasteiger partial charge < -0.3 is 15.4 Å². The maximum absolute atomic E-state index is 13.8. The average molecular weight is 480 g/mol. The van der Waals surface area contributed by atoms with Gasteiger partial charge in [0.2, 0.25) is 0 Å². The Kier molecular flexibility index (Phi) is 5.30. The highest BCUT2D eigenvalue weighted by Crippen LogP contribution is 2.43. The molecular formula is C21H22B3F3N6O2. The van der Waals surface area contributed by atoms with Crippen molar-refractivity contribution < 1.29 is 22.7 Å². The number of nitriles is 1. The summed E-state index contributed by atoms with van der Waals surface area (Å²) < 4.78 is 48.6. The van der Waals surface area contributed by atoms with Gasteiger partial charge in [0.15, 0.2) is 5.82 Å². The summed E-state index contributed by atoms with van der Waals surface area (Å²) in [6.45, 7) is 5.10. The number of nitrogen functional groups attached to an aromatic ring is 1. The zero-order chi connectivity index (χ0) is 26.1. The van der Waals surface area contributed by atoms with Crippen molar-refractivity contribution >= 4 is 46.5 Å². The van der Waals surface area contributed by atoms with Crippen LogP contribution in [0.1, 0.15) is 31.9 Å². The number of alkyl halides is 3. The van der Waals surface area contributed by atoms with Crippen LogP contribution in [0.4, 0.5) is 24.7 Å². The van der Waals surface area contributed by atoms with E-state index in [1.54, 1.807) is 13.8 Å². The first kappa shape index (κ1) is 24.7. The predicted molar refractivity (Wildman–Crippen MR) is 132 cm³/mol. The third-order valence-corrected chi connectivity index (χ3v) is 6.80. The van der Waals surface area contributed by atoms with E-state index in [0.29, 0.717) is 5.56 Å². The van der Waals surface area contributed by atoms with Gasteiger partial charge in [-0.1, -0.05) is 6.07 Å². The number of hydrogen-bond donors (Lipinski definition) is 1. The standard InChI is InChI=1S/C21H22B3F3N6O2/c1-18(2)17(34)32(19(3,22)21(23,24)35-18)13-6-10(4-5-11(13)8-28)14-7-12(20(25,26)27)15-16(29)30-9-31-33(14)15/h4-7,9H,22-24H2,1-3H3,(H2,29,30,31). The minimum Gasteiger partial charge on any atom is -0.382 e. The lowest BCUT2D eigenvalue weighted by molar-refractivity contribution is -0.158. The number of carbonyl (C=O) groups is 1. The molecule has 0 spiro atoms. The monoisotopic (exact) mass is 480 g/mol. The van der Waals surface area contributed by atoms with Crippen LogP contribution in [0, 0.1) is 11.3 Å². The number of amides is 1. The van der Waals surface area contributed by atoms with Crippen LogP contribution in [-0.4, -0.2) is 60.5 Å². The lowest BCUT2D eigenvalue weighted by atomic mass is 9.46. The molecule has 14 heteroatoms. The molecule has 1 aliphatic heterocycles. The van der Waals surface area contributed by atoms with Crippen molar-refractivity contribution in [2.75, 3.05) is 10.6 Å². The summed E-state index contributed by atoms with van der Waals surface area (Å²) in [5, 5.41) is 13.0. The van der Waals surface area contributed by atoms with E-state index in [0.717, 1.165) is 16.9 Å². The lowest BCUT2D eigenvalue weighted by Gasteiger charge is -2.58. The second kappa shape index (κ2) is 7.52. The number of benzene rings is 1. The van der Waals surface area contributed by atoms with Gasteiger partial charge in [-0.15, -0.1) is 0 Å². The third kappa shape index (κ3) is 3.65. The van der Waals surface area contributed by atoms with Crippen molar-refractivity contribution in [3.05, 3.63) is 41.7 Å². The summed E-state index contributed by atoms with van der Waals surface area (Å²) in [5.41, 5.74) is 3.16. The molecule has 1 unspecified atom stereocenters. The number of anilines is 2. The maximum Gasteiger partial charge on any atom is 0.418 e. The van der Waals surface area contributed by atoms with Gasteiger partial charge in [0.25, 0.3) is 5.91 Å². The van der Waals surface area contributed by atoms with Gasteiger partial charge >= 0.3 is 6.18 Å². The molecule has 0 radical (unpaired) electrons. The summed E-state index contributed by atoms with van der Waals surface area (Å²) in [6.07, 6.45) is -3.63. The highest BCUT2D eigenvalue weighted by atomic mass is 19.4. The maximum atomic E-state index is 13.8. The molecule has 0 saturated carbocycles. The van der Waals surface area contributed by atoms with Gasteiger partial charge in [0.05, 0.1) is 22.5 Å². The highest BCUT2D eigenvalue weighted by molar-refractivity contribution is 6.46. The Balaban J connectivity index is 2.01. The van der Waals surface area contributed by atoms with Crippen molar-refractivity contribution in [1.82, 2.24) is 14.6 Å². The van der Waals surface area contributed by atoms with E-state index in [9.17, 15) is 23.2 Å². The topological polar surface area (TPSA) is 110 Å².